The van der Waals surface area contributed by atoms with Gasteiger partial charge in [0, 0.05) is 0 Å². The standard InChI is InChI=1S/C22H20N4S/c1-16-13-14-20(15-17(16)2)26-22(23-24-25-26)27-21(18-9-5-3-6-10-18)19-11-7-4-8-12-19/h3-15,21H,1-2H3. The fourth-order valence-electron chi connectivity index (χ4n) is 2.96. The van der Waals surface area contributed by atoms with Crippen molar-refractivity contribution in [3.05, 3.63) is 101 Å². The number of rotatable bonds is 5. The molecule has 134 valence electrons. The molecule has 0 saturated heterocycles. The lowest BCUT2D eigenvalue weighted by Gasteiger charge is -2.17. The number of thioether (sulfide) groups is 1. The lowest BCUT2D eigenvalue weighted by atomic mass is 10.0. The van der Waals surface area contributed by atoms with Gasteiger partial charge in [-0.1, -0.05) is 78.5 Å². The van der Waals surface area contributed by atoms with E-state index in [1.54, 1.807) is 11.8 Å². The van der Waals surface area contributed by atoms with E-state index in [-0.39, 0.29) is 5.25 Å². The van der Waals surface area contributed by atoms with E-state index in [1.165, 1.54) is 22.3 Å². The minimum Gasteiger partial charge on any atom is -0.187 e. The number of benzene rings is 3. The van der Waals surface area contributed by atoms with E-state index in [1.807, 2.05) is 16.8 Å². The molecule has 0 aliphatic rings. The Bertz CT molecular complexity index is 989. The van der Waals surface area contributed by atoms with Gasteiger partial charge in [-0.3, -0.25) is 0 Å². The van der Waals surface area contributed by atoms with Crippen LogP contribution in [0.15, 0.2) is 84.0 Å². The van der Waals surface area contributed by atoms with Crippen molar-refractivity contribution in [1.29, 1.82) is 0 Å². The Hall–Kier alpha value is -2.92. The van der Waals surface area contributed by atoms with Crippen LogP contribution in [0.4, 0.5) is 0 Å². The minimum atomic E-state index is 0.115. The Balaban J connectivity index is 1.73. The average molecular weight is 372 g/mol. The lowest BCUT2D eigenvalue weighted by Crippen LogP contribution is -2.03. The molecule has 0 fully saturated rings. The molecular formula is C22H20N4S. The van der Waals surface area contributed by atoms with Crippen LogP contribution in [0.25, 0.3) is 5.69 Å². The number of tetrazole rings is 1. The summed E-state index contributed by atoms with van der Waals surface area (Å²) < 4.78 is 1.82. The number of aromatic nitrogens is 4. The van der Waals surface area contributed by atoms with Crippen molar-refractivity contribution < 1.29 is 0 Å². The molecule has 0 N–H and O–H groups in total. The van der Waals surface area contributed by atoms with E-state index in [4.69, 9.17) is 0 Å². The molecule has 1 aromatic heterocycles. The number of nitrogens with zero attached hydrogens (tertiary/aromatic N) is 4. The van der Waals surface area contributed by atoms with E-state index in [2.05, 4.69) is 96.1 Å². The fourth-order valence-corrected chi connectivity index (χ4v) is 4.08. The van der Waals surface area contributed by atoms with Crippen LogP contribution in [0.2, 0.25) is 0 Å². The van der Waals surface area contributed by atoms with Gasteiger partial charge in [0.25, 0.3) is 0 Å². The molecule has 1 heterocycles. The molecule has 0 bridgehead atoms. The van der Waals surface area contributed by atoms with E-state index in [0.29, 0.717) is 0 Å². The Labute approximate surface area is 163 Å². The van der Waals surface area contributed by atoms with Gasteiger partial charge in [-0.25, -0.2) is 0 Å². The highest BCUT2D eigenvalue weighted by atomic mass is 32.2. The minimum absolute atomic E-state index is 0.115. The van der Waals surface area contributed by atoms with Gasteiger partial charge < -0.3 is 0 Å². The molecule has 3 aromatic carbocycles. The molecule has 27 heavy (non-hydrogen) atoms. The van der Waals surface area contributed by atoms with Gasteiger partial charge in [-0.05, 0) is 58.7 Å². The van der Waals surface area contributed by atoms with Crippen LogP contribution in [0, 0.1) is 13.8 Å². The first-order valence-corrected chi connectivity index (χ1v) is 9.73. The molecule has 0 aliphatic heterocycles. The van der Waals surface area contributed by atoms with Gasteiger partial charge in [-0.2, -0.15) is 4.68 Å². The molecule has 0 radical (unpaired) electrons. The third kappa shape index (κ3) is 3.78. The maximum absolute atomic E-state index is 4.30. The second-order valence-corrected chi connectivity index (χ2v) is 7.53. The van der Waals surface area contributed by atoms with Crippen LogP contribution >= 0.6 is 11.8 Å². The van der Waals surface area contributed by atoms with Gasteiger partial charge in [-0.15, -0.1) is 5.10 Å². The zero-order valence-electron chi connectivity index (χ0n) is 15.3. The predicted octanol–water partition coefficient (Wildman–Crippen LogP) is 5.16. The van der Waals surface area contributed by atoms with Gasteiger partial charge in [0.1, 0.15) is 0 Å². The largest absolute Gasteiger partial charge is 0.215 e. The lowest BCUT2D eigenvalue weighted by molar-refractivity contribution is 0.754. The third-order valence-corrected chi connectivity index (χ3v) is 5.85. The number of hydrogen-bond donors (Lipinski definition) is 0. The van der Waals surface area contributed by atoms with E-state index >= 15 is 0 Å². The normalized spacial score (nSPS) is 11.1. The second kappa shape index (κ2) is 7.76. The zero-order chi connectivity index (χ0) is 18.6. The monoisotopic (exact) mass is 372 g/mol. The first kappa shape index (κ1) is 17.5. The highest BCUT2D eigenvalue weighted by molar-refractivity contribution is 7.99. The number of hydrogen-bond acceptors (Lipinski definition) is 4. The summed E-state index contributed by atoms with van der Waals surface area (Å²) in [5.74, 6) is 0. The Morgan fingerprint density at radius 1 is 0.778 bits per heavy atom. The molecule has 4 rings (SSSR count). The SMILES string of the molecule is Cc1ccc(-n2nnnc2SC(c2ccccc2)c2ccccc2)cc1C. The summed E-state index contributed by atoms with van der Waals surface area (Å²) in [5, 5.41) is 13.4. The fraction of sp³-hybridized carbons (Fsp3) is 0.136. The van der Waals surface area contributed by atoms with Crippen LogP contribution < -0.4 is 0 Å². The van der Waals surface area contributed by atoms with Crippen molar-refractivity contribution in [3.63, 3.8) is 0 Å². The van der Waals surface area contributed by atoms with Crippen molar-refractivity contribution in [2.75, 3.05) is 0 Å². The van der Waals surface area contributed by atoms with Gasteiger partial charge in [0.05, 0.1) is 10.9 Å². The molecule has 0 saturated carbocycles. The van der Waals surface area contributed by atoms with E-state index in [9.17, 15) is 0 Å². The molecule has 0 spiro atoms. The molecule has 4 nitrogen and oxygen atoms in total. The van der Waals surface area contributed by atoms with Crippen molar-refractivity contribution in [2.45, 2.75) is 24.3 Å². The molecule has 5 heteroatoms. The van der Waals surface area contributed by atoms with Crippen LogP contribution in [0.5, 0.6) is 0 Å². The van der Waals surface area contributed by atoms with Crippen molar-refractivity contribution in [1.82, 2.24) is 20.2 Å². The summed E-state index contributed by atoms with van der Waals surface area (Å²) in [6, 6.07) is 27.2. The van der Waals surface area contributed by atoms with Crippen molar-refractivity contribution in [2.24, 2.45) is 0 Å². The van der Waals surface area contributed by atoms with Crippen LogP contribution in [-0.4, -0.2) is 20.2 Å². The van der Waals surface area contributed by atoms with Crippen LogP contribution in [0.1, 0.15) is 27.5 Å². The second-order valence-electron chi connectivity index (χ2n) is 6.46. The van der Waals surface area contributed by atoms with Crippen LogP contribution in [-0.2, 0) is 0 Å². The van der Waals surface area contributed by atoms with Gasteiger partial charge >= 0.3 is 0 Å². The van der Waals surface area contributed by atoms with E-state index < -0.39 is 0 Å². The quantitative estimate of drug-likeness (QED) is 0.454. The zero-order valence-corrected chi connectivity index (χ0v) is 16.1. The first-order chi connectivity index (χ1) is 13.2. The highest BCUT2D eigenvalue weighted by Gasteiger charge is 2.20. The maximum Gasteiger partial charge on any atom is 0.215 e. The third-order valence-electron chi connectivity index (χ3n) is 4.60. The molecule has 0 aliphatic carbocycles. The van der Waals surface area contributed by atoms with E-state index in [0.717, 1.165) is 10.8 Å². The molecule has 0 atom stereocenters. The smallest absolute Gasteiger partial charge is 0.187 e. The summed E-state index contributed by atoms with van der Waals surface area (Å²) in [6.07, 6.45) is 0. The van der Waals surface area contributed by atoms with Crippen molar-refractivity contribution in [3.8, 4) is 5.69 Å². The van der Waals surface area contributed by atoms with Gasteiger partial charge in [0.15, 0.2) is 0 Å². The molecule has 0 unspecified atom stereocenters. The first-order valence-electron chi connectivity index (χ1n) is 8.85. The molecular weight excluding hydrogens is 352 g/mol. The summed E-state index contributed by atoms with van der Waals surface area (Å²) in [5.41, 5.74) is 5.91. The average Bonchev–Trinajstić information content (AvgIpc) is 3.18. The number of aryl methyl sites for hydroxylation is 2. The highest BCUT2D eigenvalue weighted by Crippen LogP contribution is 2.39. The summed E-state index contributed by atoms with van der Waals surface area (Å²) in [4.78, 5) is 0. The summed E-state index contributed by atoms with van der Waals surface area (Å²) in [7, 11) is 0. The van der Waals surface area contributed by atoms with Crippen LogP contribution in [0.3, 0.4) is 0 Å². The predicted molar refractivity (Wildman–Crippen MR) is 109 cm³/mol. The Morgan fingerprint density at radius 3 is 2.00 bits per heavy atom. The topological polar surface area (TPSA) is 43.6 Å². The van der Waals surface area contributed by atoms with Crippen molar-refractivity contribution >= 4 is 11.8 Å². The molecule has 4 aromatic rings. The summed E-state index contributed by atoms with van der Waals surface area (Å²) >= 11 is 1.66. The maximum atomic E-state index is 4.30. The Morgan fingerprint density at radius 2 is 1.41 bits per heavy atom. The van der Waals surface area contributed by atoms with Gasteiger partial charge in [0.2, 0.25) is 5.16 Å². The molecule has 0 amide bonds. The Kier molecular flexibility index (Phi) is 5.03. The summed E-state index contributed by atoms with van der Waals surface area (Å²) in [6.45, 7) is 4.21.